The van der Waals surface area contributed by atoms with Crippen molar-refractivity contribution in [2.24, 2.45) is 5.73 Å². The van der Waals surface area contributed by atoms with Crippen LogP contribution in [0.3, 0.4) is 0 Å². The van der Waals surface area contributed by atoms with E-state index in [0.29, 0.717) is 29.9 Å². The molecule has 10 heteroatoms. The predicted octanol–water partition coefficient (Wildman–Crippen LogP) is 0.812. The number of carbonyl (C=O) groups is 2. The van der Waals surface area contributed by atoms with Gasteiger partial charge < -0.3 is 15.2 Å². The molecule has 3 heterocycles. The lowest BCUT2D eigenvalue weighted by Gasteiger charge is -2.48. The number of thioether (sulfide) groups is 1. The minimum atomic E-state index is -3.34. The Bertz CT molecular complexity index is 973. The second-order valence-electron chi connectivity index (χ2n) is 7.23. The molecular formula is C19H22N2O6S2. The van der Waals surface area contributed by atoms with E-state index in [2.05, 4.69) is 0 Å². The van der Waals surface area contributed by atoms with Gasteiger partial charge in [0.2, 0.25) is 5.91 Å². The van der Waals surface area contributed by atoms with Gasteiger partial charge in [-0.2, -0.15) is 0 Å². The minimum Gasteiger partial charge on any atom is -0.497 e. The van der Waals surface area contributed by atoms with Crippen LogP contribution in [0.25, 0.3) is 0 Å². The smallest absolute Gasteiger partial charge is 0.355 e. The van der Waals surface area contributed by atoms with Crippen LogP contribution in [-0.4, -0.2) is 60.5 Å². The van der Waals surface area contributed by atoms with Crippen molar-refractivity contribution in [3.8, 4) is 5.75 Å². The molecule has 0 bridgehead atoms. The van der Waals surface area contributed by atoms with Gasteiger partial charge >= 0.3 is 5.97 Å². The maximum Gasteiger partial charge on any atom is 0.355 e. The van der Waals surface area contributed by atoms with Gasteiger partial charge in [-0.15, -0.1) is 11.8 Å². The molecule has 8 nitrogen and oxygen atoms in total. The number of nitrogens with two attached hydrogens (primary N) is 1. The molecule has 2 N–H and O–H groups in total. The van der Waals surface area contributed by atoms with E-state index < -0.39 is 27.1 Å². The van der Waals surface area contributed by atoms with Crippen LogP contribution in [0.5, 0.6) is 5.75 Å². The van der Waals surface area contributed by atoms with Crippen molar-refractivity contribution in [1.29, 1.82) is 0 Å². The van der Waals surface area contributed by atoms with E-state index in [-0.39, 0.29) is 29.3 Å². The van der Waals surface area contributed by atoms with Gasteiger partial charge in [0.25, 0.3) is 0 Å². The first-order chi connectivity index (χ1) is 13.8. The number of benzene rings is 1. The zero-order valence-corrected chi connectivity index (χ0v) is 17.5. The van der Waals surface area contributed by atoms with Gasteiger partial charge in [-0.1, -0.05) is 12.1 Å². The lowest BCUT2D eigenvalue weighted by molar-refractivity contribution is -0.151. The standard InChI is InChI=1S/C19H22N2O6S2/c1-26-12-6-4-11(5-7-12)9-27-19(23)16-13(14-3-2-8-29(14,24)25)10-28-18-15(20)17(22)21(16)18/h4-7,14-15,18H,2-3,8-10,20H2,1H3/t14?,15-,18-/m1/s1. The number of esters is 1. The highest BCUT2D eigenvalue weighted by Gasteiger charge is 2.54. The second-order valence-corrected chi connectivity index (χ2v) is 10.6. The van der Waals surface area contributed by atoms with Gasteiger partial charge in [-0.3, -0.25) is 9.69 Å². The Morgan fingerprint density at radius 1 is 1.31 bits per heavy atom. The SMILES string of the molecule is COc1ccc(COC(=O)C2=C(C3CCCS3(=O)=O)CS[C@@H]3[C@H](N)C(=O)N23)cc1. The van der Waals surface area contributed by atoms with Gasteiger partial charge in [0.05, 0.1) is 18.1 Å². The summed E-state index contributed by atoms with van der Waals surface area (Å²) in [5.74, 6) is 0.0504. The van der Waals surface area contributed by atoms with Gasteiger partial charge in [0.15, 0.2) is 9.84 Å². The third-order valence-corrected chi connectivity index (χ3v) is 9.05. The van der Waals surface area contributed by atoms with Gasteiger partial charge in [-0.05, 0) is 36.1 Å². The fraction of sp³-hybridized carbons (Fsp3) is 0.474. The molecule has 0 aromatic heterocycles. The predicted molar refractivity (Wildman–Crippen MR) is 108 cm³/mol. The van der Waals surface area contributed by atoms with Gasteiger partial charge in [0, 0.05) is 5.75 Å². The summed E-state index contributed by atoms with van der Waals surface area (Å²) in [7, 11) is -1.78. The number of sulfone groups is 1. The van der Waals surface area contributed by atoms with Crippen LogP contribution in [0.15, 0.2) is 35.5 Å². The fourth-order valence-electron chi connectivity index (χ4n) is 3.90. The molecule has 0 radical (unpaired) electrons. The molecule has 1 unspecified atom stereocenters. The molecule has 4 rings (SSSR count). The summed E-state index contributed by atoms with van der Waals surface area (Å²) < 4.78 is 35.5. The molecule has 3 atom stereocenters. The van der Waals surface area contributed by atoms with Crippen LogP contribution in [0.1, 0.15) is 18.4 Å². The van der Waals surface area contributed by atoms with Crippen molar-refractivity contribution < 1.29 is 27.5 Å². The lowest BCUT2D eigenvalue weighted by atomic mass is 10.0. The molecule has 1 aromatic carbocycles. The van der Waals surface area contributed by atoms with E-state index >= 15 is 0 Å². The average Bonchev–Trinajstić information content (AvgIpc) is 3.09. The van der Waals surface area contributed by atoms with Crippen molar-refractivity contribution >= 4 is 33.5 Å². The Labute approximate surface area is 173 Å². The molecule has 2 fully saturated rings. The summed E-state index contributed by atoms with van der Waals surface area (Å²) in [6, 6.07) is 6.36. The molecule has 2 saturated heterocycles. The van der Waals surface area contributed by atoms with Crippen molar-refractivity contribution in [3.63, 3.8) is 0 Å². The largest absolute Gasteiger partial charge is 0.497 e. The molecule has 29 heavy (non-hydrogen) atoms. The summed E-state index contributed by atoms with van der Waals surface area (Å²) in [6.45, 7) is 0.00289. The summed E-state index contributed by atoms with van der Waals surface area (Å²) >= 11 is 1.40. The lowest BCUT2D eigenvalue weighted by Crippen LogP contribution is -2.68. The number of ether oxygens (including phenoxy) is 2. The molecule has 3 aliphatic rings. The van der Waals surface area contributed by atoms with Crippen LogP contribution in [0, 0.1) is 0 Å². The van der Waals surface area contributed by atoms with E-state index in [9.17, 15) is 18.0 Å². The maximum atomic E-state index is 13.0. The topological polar surface area (TPSA) is 116 Å². The average molecular weight is 439 g/mol. The normalized spacial score (nSPS) is 28.0. The molecule has 1 aromatic rings. The molecule has 156 valence electrons. The summed E-state index contributed by atoms with van der Waals surface area (Å²) in [6.07, 6.45) is 0.998. The summed E-state index contributed by atoms with van der Waals surface area (Å²) in [4.78, 5) is 26.6. The first kappa shape index (κ1) is 20.2. The van der Waals surface area contributed by atoms with E-state index in [1.54, 1.807) is 31.4 Å². The fourth-order valence-corrected chi connectivity index (χ4v) is 7.38. The molecular weight excluding hydrogens is 416 g/mol. The highest BCUT2D eigenvalue weighted by molar-refractivity contribution is 8.00. The Kier molecular flexibility index (Phi) is 5.34. The Hall–Kier alpha value is -2.04. The number of β-lactam (4-membered cyclic amide) rings is 1. The van der Waals surface area contributed by atoms with Crippen LogP contribution < -0.4 is 10.5 Å². The number of fused-ring (bicyclic) bond motifs is 1. The number of carbonyl (C=O) groups excluding carboxylic acids is 2. The monoisotopic (exact) mass is 438 g/mol. The summed E-state index contributed by atoms with van der Waals surface area (Å²) in [5.41, 5.74) is 7.14. The van der Waals surface area contributed by atoms with Gasteiger partial charge in [-0.25, -0.2) is 13.2 Å². The Morgan fingerprint density at radius 2 is 2.03 bits per heavy atom. The zero-order valence-electron chi connectivity index (χ0n) is 15.9. The molecule has 0 spiro atoms. The number of amides is 1. The zero-order chi connectivity index (χ0) is 20.8. The van der Waals surface area contributed by atoms with Crippen LogP contribution in [0.2, 0.25) is 0 Å². The number of rotatable bonds is 5. The number of methoxy groups -OCH3 is 1. The van der Waals surface area contributed by atoms with Gasteiger partial charge in [0.1, 0.15) is 29.5 Å². The van der Waals surface area contributed by atoms with Crippen molar-refractivity contribution in [3.05, 3.63) is 41.1 Å². The number of hydrogen-bond donors (Lipinski definition) is 1. The van der Waals surface area contributed by atoms with Crippen LogP contribution >= 0.6 is 11.8 Å². The Balaban J connectivity index is 1.61. The first-order valence-electron chi connectivity index (χ1n) is 9.28. The maximum absolute atomic E-state index is 13.0. The van der Waals surface area contributed by atoms with E-state index in [1.165, 1.54) is 16.7 Å². The highest BCUT2D eigenvalue weighted by atomic mass is 32.2. The summed E-state index contributed by atoms with van der Waals surface area (Å²) in [5, 5.41) is -1.11. The van der Waals surface area contributed by atoms with Crippen LogP contribution in [0.4, 0.5) is 0 Å². The molecule has 0 aliphatic carbocycles. The molecule has 1 amide bonds. The third kappa shape index (κ3) is 3.53. The second kappa shape index (κ2) is 7.66. The first-order valence-corrected chi connectivity index (χ1v) is 12.0. The minimum absolute atomic E-state index is 0.00289. The number of nitrogens with zero attached hydrogens (tertiary/aromatic N) is 1. The van der Waals surface area contributed by atoms with Crippen molar-refractivity contribution in [2.45, 2.75) is 36.1 Å². The van der Waals surface area contributed by atoms with Crippen molar-refractivity contribution in [2.75, 3.05) is 18.6 Å². The van der Waals surface area contributed by atoms with Crippen molar-refractivity contribution in [1.82, 2.24) is 4.90 Å². The molecule has 3 aliphatic heterocycles. The number of hydrogen-bond acceptors (Lipinski definition) is 8. The van der Waals surface area contributed by atoms with E-state index in [1.807, 2.05) is 0 Å². The quantitative estimate of drug-likeness (QED) is 0.530. The van der Waals surface area contributed by atoms with E-state index in [4.69, 9.17) is 15.2 Å². The molecule has 0 saturated carbocycles. The van der Waals surface area contributed by atoms with Crippen LogP contribution in [-0.2, 0) is 30.8 Å². The highest BCUT2D eigenvalue weighted by Crippen LogP contribution is 2.43. The van der Waals surface area contributed by atoms with E-state index in [0.717, 1.165) is 5.56 Å². The Morgan fingerprint density at radius 3 is 2.66 bits per heavy atom. The third-order valence-electron chi connectivity index (χ3n) is 5.48.